The zero-order valence-corrected chi connectivity index (χ0v) is 13.7. The second kappa shape index (κ2) is 6.60. The number of hydroxylamine groups is 1. The van der Waals surface area contributed by atoms with Gasteiger partial charge in [-0.05, 0) is 42.5 Å². The van der Waals surface area contributed by atoms with Gasteiger partial charge in [0.05, 0.1) is 18.5 Å². The van der Waals surface area contributed by atoms with Gasteiger partial charge in [0.25, 0.3) is 0 Å². The Morgan fingerprint density at radius 1 is 1.36 bits per heavy atom. The van der Waals surface area contributed by atoms with Gasteiger partial charge in [0.2, 0.25) is 0 Å². The maximum absolute atomic E-state index is 13.2. The fourth-order valence-electron chi connectivity index (χ4n) is 3.62. The van der Waals surface area contributed by atoms with E-state index in [0.29, 0.717) is 5.25 Å². The molecule has 3 rings (SSSR count). The average molecular weight is 323 g/mol. The Morgan fingerprint density at radius 2 is 2.09 bits per heavy atom. The lowest BCUT2D eigenvalue weighted by atomic mass is 9.84. The van der Waals surface area contributed by atoms with Gasteiger partial charge < -0.3 is 5.11 Å². The van der Waals surface area contributed by atoms with E-state index in [0.717, 1.165) is 30.5 Å². The maximum Gasteiger partial charge on any atom is 0.123 e. The molecule has 22 heavy (non-hydrogen) atoms. The highest BCUT2D eigenvalue weighted by molar-refractivity contribution is 8.01. The van der Waals surface area contributed by atoms with Crippen molar-refractivity contribution in [3.63, 3.8) is 0 Å². The number of benzene rings is 1. The van der Waals surface area contributed by atoms with Gasteiger partial charge in [0.1, 0.15) is 5.82 Å². The fourth-order valence-corrected chi connectivity index (χ4v) is 5.39. The van der Waals surface area contributed by atoms with Gasteiger partial charge >= 0.3 is 0 Å². The molecule has 0 saturated carbocycles. The van der Waals surface area contributed by atoms with Crippen molar-refractivity contribution in [1.82, 2.24) is 5.48 Å². The summed E-state index contributed by atoms with van der Waals surface area (Å²) >= 11 is 1.86. The van der Waals surface area contributed by atoms with Crippen molar-refractivity contribution in [2.24, 2.45) is 0 Å². The van der Waals surface area contributed by atoms with E-state index in [9.17, 15) is 9.50 Å². The van der Waals surface area contributed by atoms with Crippen LogP contribution >= 0.6 is 11.8 Å². The topological polar surface area (TPSA) is 41.5 Å². The quantitative estimate of drug-likeness (QED) is 0.834. The first-order chi connectivity index (χ1) is 10.6. The predicted octanol–water partition coefficient (Wildman–Crippen LogP) is 3.36. The highest BCUT2D eigenvalue weighted by atomic mass is 32.2. The molecule has 2 N–H and O–H groups in total. The van der Waals surface area contributed by atoms with Crippen LogP contribution in [-0.2, 0) is 4.84 Å². The zero-order valence-electron chi connectivity index (χ0n) is 12.9. The van der Waals surface area contributed by atoms with Gasteiger partial charge in [-0.15, -0.1) is 11.8 Å². The van der Waals surface area contributed by atoms with E-state index in [2.05, 4.69) is 12.4 Å². The summed E-state index contributed by atoms with van der Waals surface area (Å²) in [6.45, 7) is 2.08. The van der Waals surface area contributed by atoms with E-state index < -0.39 is 0 Å². The van der Waals surface area contributed by atoms with Crippen molar-refractivity contribution < 1.29 is 14.3 Å². The number of allylic oxidation sites excluding steroid dienone is 1. The summed E-state index contributed by atoms with van der Waals surface area (Å²) in [5.74, 6) is -0.000183. The minimum atomic E-state index is -0.310. The number of aliphatic hydroxyl groups is 1. The summed E-state index contributed by atoms with van der Waals surface area (Å²) in [5.41, 5.74) is 6.36. The average Bonchev–Trinajstić information content (AvgIpc) is 2.81. The molecular formula is C17H22FNO2S. The van der Waals surface area contributed by atoms with Gasteiger partial charge in [-0.1, -0.05) is 19.1 Å². The molecule has 0 spiro atoms. The molecule has 120 valence electrons. The van der Waals surface area contributed by atoms with Gasteiger partial charge in [-0.25, -0.2) is 4.39 Å². The number of rotatable bonds is 4. The van der Waals surface area contributed by atoms with Crippen LogP contribution in [0.3, 0.4) is 0 Å². The molecule has 5 heteroatoms. The molecule has 1 aromatic rings. The lowest BCUT2D eigenvalue weighted by Gasteiger charge is -2.34. The Labute approximate surface area is 134 Å². The SMILES string of the molecule is CCC(NOC)=C1[C@H]2SC(CC2O)C[C@@H]1c1ccc(F)cc1. The molecule has 2 unspecified atom stereocenters. The maximum atomic E-state index is 13.2. The molecule has 0 amide bonds. The first-order valence-electron chi connectivity index (χ1n) is 7.75. The van der Waals surface area contributed by atoms with Crippen LogP contribution < -0.4 is 5.48 Å². The number of fused-ring (bicyclic) bond motifs is 2. The molecule has 1 aromatic carbocycles. The fraction of sp³-hybridized carbons (Fsp3) is 0.529. The first kappa shape index (κ1) is 15.8. The van der Waals surface area contributed by atoms with E-state index in [-0.39, 0.29) is 23.1 Å². The van der Waals surface area contributed by atoms with E-state index in [1.54, 1.807) is 7.11 Å². The lowest BCUT2D eigenvalue weighted by Crippen LogP contribution is -2.29. The molecule has 4 atom stereocenters. The second-order valence-electron chi connectivity index (χ2n) is 5.92. The van der Waals surface area contributed by atoms with Crippen LogP contribution in [0, 0.1) is 5.82 Å². The lowest BCUT2D eigenvalue weighted by molar-refractivity contribution is 0.113. The van der Waals surface area contributed by atoms with Gasteiger partial charge in [0, 0.05) is 16.9 Å². The number of thioether (sulfide) groups is 1. The Kier molecular flexibility index (Phi) is 4.76. The van der Waals surface area contributed by atoms with Crippen LogP contribution in [0.1, 0.15) is 37.7 Å². The molecule has 2 aliphatic heterocycles. The summed E-state index contributed by atoms with van der Waals surface area (Å²) in [5, 5.41) is 11.0. The van der Waals surface area contributed by atoms with E-state index in [1.165, 1.54) is 17.7 Å². The molecule has 2 fully saturated rings. The number of hydrogen-bond donors (Lipinski definition) is 2. The molecule has 2 saturated heterocycles. The third-order valence-corrected chi connectivity index (χ3v) is 6.20. The molecule has 2 bridgehead atoms. The summed E-state index contributed by atoms with van der Waals surface area (Å²) in [7, 11) is 1.60. The predicted molar refractivity (Wildman–Crippen MR) is 87.0 cm³/mol. The normalized spacial score (nSPS) is 32.9. The highest BCUT2D eigenvalue weighted by Crippen LogP contribution is 2.53. The molecule has 2 aliphatic rings. The largest absolute Gasteiger partial charge is 0.392 e. The highest BCUT2D eigenvalue weighted by Gasteiger charge is 2.45. The minimum absolute atomic E-state index is 0.103. The van der Waals surface area contributed by atoms with Crippen molar-refractivity contribution in [1.29, 1.82) is 0 Å². The second-order valence-corrected chi connectivity index (χ2v) is 7.36. The summed E-state index contributed by atoms with van der Waals surface area (Å²) in [4.78, 5) is 5.13. The Hall–Kier alpha value is -1.04. The standard InChI is InChI=1S/C17H22FNO2S/c1-3-14(19-21-2)16-13(10-4-6-11(18)7-5-10)8-12-9-15(20)17(16)22-12/h4-7,12-13,15,17,19-20H,3,8-9H2,1-2H3/t12?,13-,15?,17+/m1/s1. The van der Waals surface area contributed by atoms with Crippen LogP contribution in [0.15, 0.2) is 35.5 Å². The van der Waals surface area contributed by atoms with Gasteiger partial charge in [-0.3, -0.25) is 10.3 Å². The minimum Gasteiger partial charge on any atom is -0.392 e. The Morgan fingerprint density at radius 3 is 2.73 bits per heavy atom. The van der Waals surface area contributed by atoms with Crippen molar-refractivity contribution in [3.8, 4) is 0 Å². The van der Waals surface area contributed by atoms with Crippen molar-refractivity contribution in [3.05, 3.63) is 46.9 Å². The molecule has 3 nitrogen and oxygen atoms in total. The smallest absolute Gasteiger partial charge is 0.123 e. The molecule has 0 aliphatic carbocycles. The number of nitrogens with one attached hydrogen (secondary N) is 1. The van der Waals surface area contributed by atoms with Crippen molar-refractivity contribution >= 4 is 11.8 Å². The van der Waals surface area contributed by atoms with Crippen LogP contribution in [-0.4, -0.2) is 28.8 Å². The third-order valence-electron chi connectivity index (χ3n) is 4.57. The van der Waals surface area contributed by atoms with Crippen LogP contribution in [0.25, 0.3) is 0 Å². The molecular weight excluding hydrogens is 301 g/mol. The Bertz CT molecular complexity index is 560. The molecule has 0 radical (unpaired) electrons. The van der Waals surface area contributed by atoms with E-state index in [4.69, 9.17) is 4.84 Å². The van der Waals surface area contributed by atoms with Crippen LogP contribution in [0.4, 0.5) is 4.39 Å². The van der Waals surface area contributed by atoms with E-state index >= 15 is 0 Å². The first-order valence-corrected chi connectivity index (χ1v) is 8.69. The monoisotopic (exact) mass is 323 g/mol. The summed E-state index contributed by atoms with van der Waals surface area (Å²) in [6, 6.07) is 6.76. The Balaban J connectivity index is 2.04. The third kappa shape index (κ3) is 2.90. The number of hydrogen-bond acceptors (Lipinski definition) is 4. The summed E-state index contributed by atoms with van der Waals surface area (Å²) in [6.07, 6.45) is 2.32. The van der Waals surface area contributed by atoms with Gasteiger partial charge in [-0.2, -0.15) is 0 Å². The van der Waals surface area contributed by atoms with Crippen LogP contribution in [0.2, 0.25) is 0 Å². The van der Waals surface area contributed by atoms with Crippen molar-refractivity contribution in [2.75, 3.05) is 7.11 Å². The van der Waals surface area contributed by atoms with Crippen molar-refractivity contribution in [2.45, 2.75) is 48.7 Å². The number of halogens is 1. The van der Waals surface area contributed by atoms with E-state index in [1.807, 2.05) is 23.9 Å². The summed E-state index contributed by atoms with van der Waals surface area (Å²) < 4.78 is 13.2. The number of aliphatic hydroxyl groups excluding tert-OH is 1. The zero-order chi connectivity index (χ0) is 15.7. The van der Waals surface area contributed by atoms with Gasteiger partial charge in [0.15, 0.2) is 0 Å². The molecule has 0 aromatic heterocycles. The molecule has 2 heterocycles. The van der Waals surface area contributed by atoms with Crippen LogP contribution in [0.5, 0.6) is 0 Å².